The summed E-state index contributed by atoms with van der Waals surface area (Å²) >= 11 is 1.52. The molecule has 0 fully saturated rings. The smallest absolute Gasteiger partial charge is 0.237 e. The number of amides is 1. The molecule has 2 aromatic carbocycles. The molecule has 2 rings (SSSR count). The maximum Gasteiger partial charge on any atom is 0.237 e. The van der Waals surface area contributed by atoms with Crippen molar-refractivity contribution < 1.29 is 9.53 Å². The predicted octanol–water partition coefficient (Wildman–Crippen LogP) is 4.17. The van der Waals surface area contributed by atoms with E-state index in [0.717, 1.165) is 17.2 Å². The average Bonchev–Trinajstić information content (AvgIpc) is 2.49. The van der Waals surface area contributed by atoms with Crippen LogP contribution in [0.2, 0.25) is 0 Å². The van der Waals surface area contributed by atoms with Gasteiger partial charge in [0, 0.05) is 5.69 Å². The van der Waals surface area contributed by atoms with Crippen LogP contribution in [0.3, 0.4) is 0 Å². The van der Waals surface area contributed by atoms with Gasteiger partial charge in [0.15, 0.2) is 0 Å². The van der Waals surface area contributed by atoms with Gasteiger partial charge in [-0.25, -0.2) is 0 Å². The lowest BCUT2D eigenvalue weighted by atomic mass is 10.3. The molecular weight excluding hydrogens is 270 g/mol. The molecule has 4 heteroatoms. The predicted molar refractivity (Wildman–Crippen MR) is 84.6 cm³/mol. The molecule has 1 unspecified atom stereocenters. The fourth-order valence-corrected chi connectivity index (χ4v) is 1.85. The molecule has 104 valence electrons. The van der Waals surface area contributed by atoms with Gasteiger partial charge in [-0.05, 0) is 49.6 Å². The molecule has 0 bridgehead atoms. The first-order chi connectivity index (χ1) is 9.69. The third kappa shape index (κ3) is 4.03. The molecule has 0 aromatic heterocycles. The Morgan fingerprint density at radius 3 is 2.25 bits per heavy atom. The summed E-state index contributed by atoms with van der Waals surface area (Å²) in [5.41, 5.74) is 0.774. The second kappa shape index (κ2) is 7.01. The summed E-state index contributed by atoms with van der Waals surface area (Å²) in [7, 11) is 0. The van der Waals surface area contributed by atoms with Crippen LogP contribution >= 0.6 is 11.8 Å². The highest BCUT2D eigenvalue weighted by molar-refractivity contribution is 7.99. The van der Waals surface area contributed by atoms with E-state index in [1.165, 1.54) is 11.8 Å². The number of rotatable bonds is 5. The normalized spacial score (nSPS) is 11.7. The van der Waals surface area contributed by atoms with Crippen molar-refractivity contribution in [3.05, 3.63) is 54.6 Å². The lowest BCUT2D eigenvalue weighted by Gasteiger charge is -2.10. The number of carbonyl (C=O) groups is 1. The minimum Gasteiger partial charge on any atom is -0.457 e. The van der Waals surface area contributed by atoms with Crippen LogP contribution in [-0.2, 0) is 4.79 Å². The van der Waals surface area contributed by atoms with Gasteiger partial charge in [0.2, 0.25) is 5.91 Å². The van der Waals surface area contributed by atoms with Gasteiger partial charge in [0.1, 0.15) is 11.5 Å². The third-order valence-electron chi connectivity index (χ3n) is 2.82. The summed E-state index contributed by atoms with van der Waals surface area (Å²) in [5, 5.41) is 2.81. The van der Waals surface area contributed by atoms with Crippen LogP contribution < -0.4 is 10.1 Å². The van der Waals surface area contributed by atoms with Crippen molar-refractivity contribution in [2.75, 3.05) is 11.6 Å². The Balaban J connectivity index is 1.98. The molecule has 2 aromatic rings. The van der Waals surface area contributed by atoms with Gasteiger partial charge in [-0.3, -0.25) is 4.79 Å². The molecule has 0 saturated carbocycles. The van der Waals surface area contributed by atoms with Gasteiger partial charge >= 0.3 is 0 Å². The minimum absolute atomic E-state index is 0.00854. The Morgan fingerprint density at radius 1 is 1.05 bits per heavy atom. The molecule has 0 aliphatic rings. The van der Waals surface area contributed by atoms with E-state index in [2.05, 4.69) is 5.32 Å². The van der Waals surface area contributed by atoms with Crippen LogP contribution in [0.25, 0.3) is 0 Å². The number of ether oxygens (including phenoxy) is 1. The Morgan fingerprint density at radius 2 is 1.65 bits per heavy atom. The SMILES string of the molecule is CSC(C)C(=O)Nc1ccc(Oc2ccccc2)cc1. The van der Waals surface area contributed by atoms with Gasteiger partial charge < -0.3 is 10.1 Å². The molecule has 1 N–H and O–H groups in total. The summed E-state index contributed by atoms with van der Waals surface area (Å²) in [6.45, 7) is 1.88. The van der Waals surface area contributed by atoms with E-state index < -0.39 is 0 Å². The van der Waals surface area contributed by atoms with Crippen molar-refractivity contribution >= 4 is 23.4 Å². The van der Waals surface area contributed by atoms with Crippen LogP contribution in [0.1, 0.15) is 6.92 Å². The Kier molecular flexibility index (Phi) is 5.07. The molecule has 0 heterocycles. The number of hydrogen-bond donors (Lipinski definition) is 1. The minimum atomic E-state index is -0.0600. The summed E-state index contributed by atoms with van der Waals surface area (Å²) in [6.07, 6.45) is 1.92. The molecule has 3 nitrogen and oxygen atoms in total. The maximum atomic E-state index is 11.8. The number of para-hydroxylation sites is 1. The molecule has 0 spiro atoms. The zero-order chi connectivity index (χ0) is 14.4. The maximum absolute atomic E-state index is 11.8. The van der Waals surface area contributed by atoms with Crippen molar-refractivity contribution in [1.29, 1.82) is 0 Å². The first-order valence-electron chi connectivity index (χ1n) is 6.35. The molecule has 0 aliphatic heterocycles. The lowest BCUT2D eigenvalue weighted by molar-refractivity contribution is -0.115. The monoisotopic (exact) mass is 287 g/mol. The zero-order valence-corrected chi connectivity index (χ0v) is 12.3. The highest BCUT2D eigenvalue weighted by atomic mass is 32.2. The van der Waals surface area contributed by atoms with Crippen LogP contribution in [0.4, 0.5) is 5.69 Å². The number of nitrogens with one attached hydrogen (secondary N) is 1. The van der Waals surface area contributed by atoms with Crippen molar-refractivity contribution in [2.24, 2.45) is 0 Å². The quantitative estimate of drug-likeness (QED) is 0.897. The van der Waals surface area contributed by atoms with Crippen LogP contribution in [0.15, 0.2) is 54.6 Å². The van der Waals surface area contributed by atoms with Gasteiger partial charge in [0.05, 0.1) is 5.25 Å². The van der Waals surface area contributed by atoms with Gasteiger partial charge in [-0.15, -0.1) is 0 Å². The zero-order valence-electron chi connectivity index (χ0n) is 11.5. The van der Waals surface area contributed by atoms with E-state index in [1.807, 2.05) is 67.8 Å². The fourth-order valence-electron chi connectivity index (χ4n) is 1.58. The fraction of sp³-hybridized carbons (Fsp3) is 0.188. The second-order valence-corrected chi connectivity index (χ2v) is 5.49. The molecule has 0 radical (unpaired) electrons. The molecule has 0 aliphatic carbocycles. The topological polar surface area (TPSA) is 38.3 Å². The number of carbonyl (C=O) groups excluding carboxylic acids is 1. The molecule has 1 atom stereocenters. The highest BCUT2D eigenvalue weighted by Crippen LogP contribution is 2.22. The number of benzene rings is 2. The number of anilines is 1. The van der Waals surface area contributed by atoms with Crippen molar-refractivity contribution in [3.8, 4) is 11.5 Å². The Hall–Kier alpha value is -1.94. The van der Waals surface area contributed by atoms with Crippen molar-refractivity contribution in [2.45, 2.75) is 12.2 Å². The largest absolute Gasteiger partial charge is 0.457 e. The summed E-state index contributed by atoms with van der Waals surface area (Å²) in [4.78, 5) is 11.8. The van der Waals surface area contributed by atoms with Crippen molar-refractivity contribution in [1.82, 2.24) is 0 Å². The highest BCUT2D eigenvalue weighted by Gasteiger charge is 2.10. The van der Waals surface area contributed by atoms with E-state index >= 15 is 0 Å². The average molecular weight is 287 g/mol. The summed E-state index contributed by atoms with van der Waals surface area (Å²) in [5.74, 6) is 1.54. The number of thioether (sulfide) groups is 1. The number of hydrogen-bond acceptors (Lipinski definition) is 3. The summed E-state index contributed by atoms with van der Waals surface area (Å²) < 4.78 is 5.69. The van der Waals surface area contributed by atoms with Crippen LogP contribution in [-0.4, -0.2) is 17.4 Å². The summed E-state index contributed by atoms with van der Waals surface area (Å²) in [6, 6.07) is 16.9. The van der Waals surface area contributed by atoms with E-state index in [1.54, 1.807) is 0 Å². The molecular formula is C16H17NO2S. The first kappa shape index (κ1) is 14.5. The second-order valence-electron chi connectivity index (χ2n) is 4.31. The third-order valence-corrected chi connectivity index (χ3v) is 3.74. The van der Waals surface area contributed by atoms with Crippen molar-refractivity contribution in [3.63, 3.8) is 0 Å². The molecule has 20 heavy (non-hydrogen) atoms. The molecule has 1 amide bonds. The van der Waals surface area contributed by atoms with E-state index in [0.29, 0.717) is 0 Å². The van der Waals surface area contributed by atoms with Gasteiger partial charge in [0.25, 0.3) is 0 Å². The molecule has 0 saturated heterocycles. The van der Waals surface area contributed by atoms with Crippen LogP contribution in [0, 0.1) is 0 Å². The van der Waals surface area contributed by atoms with Gasteiger partial charge in [-0.1, -0.05) is 18.2 Å². The van der Waals surface area contributed by atoms with Crippen LogP contribution in [0.5, 0.6) is 11.5 Å². The lowest BCUT2D eigenvalue weighted by Crippen LogP contribution is -2.21. The van der Waals surface area contributed by atoms with Gasteiger partial charge in [-0.2, -0.15) is 11.8 Å². The Labute approximate surface area is 123 Å². The first-order valence-corrected chi connectivity index (χ1v) is 7.64. The van der Waals surface area contributed by atoms with E-state index in [4.69, 9.17) is 4.74 Å². The Bertz CT molecular complexity index is 554. The van der Waals surface area contributed by atoms with E-state index in [9.17, 15) is 4.79 Å². The standard InChI is InChI=1S/C16H17NO2S/c1-12(20-2)16(18)17-13-8-10-15(11-9-13)19-14-6-4-3-5-7-14/h3-12H,1-2H3,(H,17,18). The van der Waals surface area contributed by atoms with E-state index in [-0.39, 0.29) is 11.2 Å².